The topological polar surface area (TPSA) is 146 Å². The summed E-state index contributed by atoms with van der Waals surface area (Å²) in [6, 6.07) is 6.65. The highest BCUT2D eigenvalue weighted by molar-refractivity contribution is 6.17. The third kappa shape index (κ3) is 6.63. The van der Waals surface area contributed by atoms with Crippen molar-refractivity contribution >= 4 is 35.3 Å². The van der Waals surface area contributed by atoms with Gasteiger partial charge in [0.1, 0.15) is 11.6 Å². The summed E-state index contributed by atoms with van der Waals surface area (Å²) in [5.41, 5.74) is 2.20. The average molecular weight is 550 g/mol. The van der Waals surface area contributed by atoms with Crippen LogP contribution in [0, 0.1) is 12.8 Å². The second-order valence-electron chi connectivity index (χ2n) is 9.38. The highest BCUT2D eigenvalue weighted by Gasteiger charge is 2.46. The van der Waals surface area contributed by atoms with Gasteiger partial charge >= 0.3 is 11.9 Å². The number of hydrogen-bond donors (Lipinski definition) is 3. The minimum absolute atomic E-state index is 0.0543. The van der Waals surface area contributed by atoms with E-state index in [0.717, 1.165) is 16.2 Å². The molecule has 12 heteroatoms. The quantitative estimate of drug-likeness (QED) is 0.343. The maximum absolute atomic E-state index is 13.3. The average Bonchev–Trinajstić information content (AvgIpc) is 3.36. The highest BCUT2D eigenvalue weighted by Crippen LogP contribution is 2.27. The van der Waals surface area contributed by atoms with Crippen LogP contribution < -0.4 is 20.1 Å². The molecule has 0 saturated heterocycles. The number of amides is 5. The summed E-state index contributed by atoms with van der Waals surface area (Å²) in [4.78, 5) is 52.7. The Morgan fingerprint density at radius 1 is 1.10 bits per heavy atom. The summed E-state index contributed by atoms with van der Waals surface area (Å²) in [6.07, 6.45) is 7.83. The Morgan fingerprint density at radius 2 is 1.90 bits per heavy atom. The molecule has 1 aromatic carbocycles. The Hall–Kier alpha value is -4.74. The fourth-order valence-corrected chi connectivity index (χ4v) is 4.56. The van der Waals surface area contributed by atoms with E-state index >= 15 is 0 Å². The minimum atomic E-state index is -0.682. The van der Waals surface area contributed by atoms with Gasteiger partial charge in [-0.25, -0.2) is 4.79 Å². The number of H-pyrrole nitrogens is 1. The first-order chi connectivity index (χ1) is 19.3. The van der Waals surface area contributed by atoms with Gasteiger partial charge < -0.3 is 20.1 Å². The number of aromatic amines is 1. The van der Waals surface area contributed by atoms with Gasteiger partial charge in [-0.15, -0.1) is 0 Å². The number of fused-ring (bicyclic) bond motifs is 1. The smallest absolute Gasteiger partial charge is 0.493 e. The van der Waals surface area contributed by atoms with Crippen molar-refractivity contribution in [3.8, 4) is 11.5 Å². The number of benzene rings is 1. The predicted molar refractivity (Wildman–Crippen MR) is 146 cm³/mol. The van der Waals surface area contributed by atoms with Gasteiger partial charge in [-0.2, -0.15) is 19.4 Å². The van der Waals surface area contributed by atoms with Gasteiger partial charge in [0.15, 0.2) is 23.9 Å². The number of carbonyl (C=O) groups excluding carboxylic acids is 4. The molecular weight excluding hydrogens is 516 g/mol. The van der Waals surface area contributed by atoms with Gasteiger partial charge in [0.25, 0.3) is 5.91 Å². The number of nitrogens with zero attached hydrogens (tertiary/aromatic N) is 3. The van der Waals surface area contributed by atoms with E-state index in [4.69, 9.17) is 9.47 Å². The highest BCUT2D eigenvalue weighted by atomic mass is 16.5. The first-order valence-corrected chi connectivity index (χ1v) is 12.9. The van der Waals surface area contributed by atoms with Crippen LogP contribution in [-0.2, 0) is 20.8 Å². The van der Waals surface area contributed by atoms with E-state index in [0.29, 0.717) is 36.0 Å². The molecule has 12 nitrogen and oxygen atoms in total. The van der Waals surface area contributed by atoms with Crippen molar-refractivity contribution in [3.05, 3.63) is 59.8 Å². The molecule has 2 aromatic rings. The van der Waals surface area contributed by atoms with Crippen LogP contribution in [0.5, 0.6) is 11.5 Å². The lowest BCUT2D eigenvalue weighted by atomic mass is 9.94. The summed E-state index contributed by atoms with van der Waals surface area (Å²) in [6.45, 7) is 2.00. The van der Waals surface area contributed by atoms with Gasteiger partial charge in [0, 0.05) is 24.7 Å². The second kappa shape index (κ2) is 12.9. The molecule has 1 aliphatic heterocycles. The molecule has 2 heterocycles. The van der Waals surface area contributed by atoms with Crippen LogP contribution in [0.15, 0.2) is 48.6 Å². The third-order valence-corrected chi connectivity index (χ3v) is 6.55. The number of nitrogens with one attached hydrogen (secondary N) is 3. The fraction of sp³-hybridized carbons (Fsp3) is 0.357. The second-order valence-corrected chi connectivity index (χ2v) is 9.38. The Labute approximate surface area is 231 Å². The van der Waals surface area contributed by atoms with Crippen LogP contribution in [-0.4, -0.2) is 83.0 Å². The molecule has 3 N–H and O–H groups in total. The molecule has 0 spiro atoms. The zero-order valence-electron chi connectivity index (χ0n) is 22.7. The number of carbonyl (C=O) groups is 4. The zero-order chi connectivity index (χ0) is 28.6. The lowest BCUT2D eigenvalue weighted by Gasteiger charge is -2.26. The number of aromatic nitrogens is 2. The van der Waals surface area contributed by atoms with E-state index in [1.165, 1.54) is 4.58 Å². The molecule has 210 valence electrons. The molecule has 1 aromatic heterocycles. The summed E-state index contributed by atoms with van der Waals surface area (Å²) in [5.74, 6) is -0.0971. The Balaban J connectivity index is 1.31. The number of methoxy groups -OCH3 is 2. The SMILES string of the molecule is COc1ccc(CCNC(=O)CCCN2C(=O)C3C=CC=CC3=[N+](CC(=O)Nc3cc(C)[nH]n3)C2=O)cc1OC. The molecule has 1 unspecified atom stereocenters. The molecule has 2 aliphatic rings. The van der Waals surface area contributed by atoms with E-state index in [2.05, 4.69) is 20.8 Å². The lowest BCUT2D eigenvalue weighted by molar-refractivity contribution is -0.427. The standard InChI is InChI=1S/C28H32N6O6/c1-18-15-24(32-31-18)30-26(36)17-34-21-8-5-4-7-20(21)27(37)33(28(34)38)14-6-9-25(35)29-13-12-19-10-11-22(39-2)23(16-19)40-3/h4-5,7-8,10-11,15-16,20H,6,9,12-14,17H2,1-3H3,(H2-,29,30,31,32,35,36)/p+1. The van der Waals surface area contributed by atoms with Crippen LogP contribution >= 0.6 is 0 Å². The third-order valence-electron chi connectivity index (χ3n) is 6.55. The fourth-order valence-electron chi connectivity index (χ4n) is 4.56. The first kappa shape index (κ1) is 28.3. The number of imide groups is 1. The number of aryl methyl sites for hydroxylation is 1. The first-order valence-electron chi connectivity index (χ1n) is 12.9. The van der Waals surface area contributed by atoms with Crippen LogP contribution in [0.4, 0.5) is 10.6 Å². The monoisotopic (exact) mass is 549 g/mol. The van der Waals surface area contributed by atoms with E-state index in [1.807, 2.05) is 18.2 Å². The van der Waals surface area contributed by atoms with Crippen LogP contribution in [0.1, 0.15) is 24.1 Å². The van der Waals surface area contributed by atoms with Crippen LogP contribution in [0.25, 0.3) is 0 Å². The number of hydrogen-bond acceptors (Lipinski definition) is 7. The van der Waals surface area contributed by atoms with E-state index in [-0.39, 0.29) is 37.7 Å². The van der Waals surface area contributed by atoms with Gasteiger partial charge in [0.2, 0.25) is 5.91 Å². The molecule has 1 atom stereocenters. The predicted octanol–water partition coefficient (Wildman–Crippen LogP) is 1.97. The van der Waals surface area contributed by atoms with Crippen molar-refractivity contribution in [2.45, 2.75) is 26.2 Å². The van der Waals surface area contributed by atoms with E-state index in [1.54, 1.807) is 51.5 Å². The number of allylic oxidation sites excluding steroid dienone is 3. The normalized spacial score (nSPS) is 16.2. The number of urea groups is 1. The Bertz CT molecular complexity index is 1390. The van der Waals surface area contributed by atoms with Gasteiger partial charge in [-0.3, -0.25) is 14.7 Å². The largest absolute Gasteiger partial charge is 0.501 e. The van der Waals surface area contributed by atoms with Crippen molar-refractivity contribution in [2.24, 2.45) is 5.92 Å². The molecule has 0 saturated carbocycles. The van der Waals surface area contributed by atoms with Crippen molar-refractivity contribution in [1.82, 2.24) is 20.4 Å². The van der Waals surface area contributed by atoms with Crippen LogP contribution in [0.3, 0.4) is 0 Å². The summed E-state index contributed by atoms with van der Waals surface area (Å²) < 4.78 is 11.8. The molecule has 0 fully saturated rings. The van der Waals surface area contributed by atoms with Gasteiger partial charge in [-0.05, 0) is 43.5 Å². The van der Waals surface area contributed by atoms with Crippen molar-refractivity contribution in [3.63, 3.8) is 0 Å². The van der Waals surface area contributed by atoms with Crippen molar-refractivity contribution < 1.29 is 33.2 Å². The molecule has 0 radical (unpaired) electrons. The Morgan fingerprint density at radius 3 is 2.62 bits per heavy atom. The number of anilines is 1. The molecule has 0 bridgehead atoms. The summed E-state index contributed by atoms with van der Waals surface area (Å²) in [5, 5.41) is 12.2. The number of ether oxygens (including phenoxy) is 2. The molecular formula is C28H33N6O6+. The van der Waals surface area contributed by atoms with Gasteiger partial charge in [0.05, 0.1) is 20.8 Å². The molecule has 40 heavy (non-hydrogen) atoms. The van der Waals surface area contributed by atoms with Crippen LogP contribution in [0.2, 0.25) is 0 Å². The van der Waals surface area contributed by atoms with E-state index < -0.39 is 17.9 Å². The molecule has 1 aliphatic carbocycles. The van der Waals surface area contributed by atoms with Gasteiger partial charge in [-0.1, -0.05) is 24.3 Å². The van der Waals surface area contributed by atoms with Crippen molar-refractivity contribution in [2.75, 3.05) is 39.2 Å². The lowest BCUT2D eigenvalue weighted by Crippen LogP contribution is -2.55. The van der Waals surface area contributed by atoms with Crippen molar-refractivity contribution in [1.29, 1.82) is 0 Å². The van der Waals surface area contributed by atoms with E-state index in [9.17, 15) is 19.2 Å². The zero-order valence-corrected chi connectivity index (χ0v) is 22.7. The maximum Gasteiger partial charge on any atom is 0.501 e. The summed E-state index contributed by atoms with van der Waals surface area (Å²) >= 11 is 0. The Kier molecular flexibility index (Phi) is 9.10. The minimum Gasteiger partial charge on any atom is -0.493 e. The number of rotatable bonds is 12. The molecule has 5 amide bonds. The summed E-state index contributed by atoms with van der Waals surface area (Å²) in [7, 11) is 3.14. The molecule has 4 rings (SSSR count). The maximum atomic E-state index is 13.3.